The normalized spacial score (nSPS) is 11.8. The number of nitrogens with zero attached hydrogens (tertiary/aromatic N) is 2. The second kappa shape index (κ2) is 20.8. The molecule has 0 aliphatic heterocycles. The molecular formula is C29H45N3O3. The van der Waals surface area contributed by atoms with Gasteiger partial charge in [-0.25, -0.2) is 0 Å². The predicted molar refractivity (Wildman–Crippen MR) is 143 cm³/mol. The van der Waals surface area contributed by atoms with E-state index in [1.165, 1.54) is 57.8 Å². The standard InChI is InChI=1S/C29H45N3O3/c1-2-3-4-5-6-7-8-9-10-11-12-13-14-15-16-17-29(35)32-27(24-33)22-25-18-20-26(21-19-25)28(34)23-31-30/h9-10,18-21,23,27,33H,2-8,11-17,22,24H2,1H3,(H,32,35)/b10-9-/t27-/m0/s1. The van der Waals surface area contributed by atoms with E-state index in [4.69, 9.17) is 5.53 Å². The summed E-state index contributed by atoms with van der Waals surface area (Å²) in [4.78, 5) is 26.6. The van der Waals surface area contributed by atoms with Crippen LogP contribution in [0.1, 0.15) is 113 Å². The van der Waals surface area contributed by atoms with Crippen molar-refractivity contribution in [2.45, 2.75) is 109 Å². The van der Waals surface area contributed by atoms with Crippen molar-refractivity contribution in [2.75, 3.05) is 6.61 Å². The first-order valence-electron chi connectivity index (χ1n) is 13.5. The van der Waals surface area contributed by atoms with Gasteiger partial charge in [-0.2, -0.15) is 4.79 Å². The van der Waals surface area contributed by atoms with Gasteiger partial charge >= 0.3 is 6.21 Å². The lowest BCUT2D eigenvalue weighted by atomic mass is 10.0. The van der Waals surface area contributed by atoms with Crippen molar-refractivity contribution in [1.82, 2.24) is 5.32 Å². The minimum absolute atomic E-state index is 0.0346. The fourth-order valence-electron chi connectivity index (χ4n) is 4.03. The zero-order valence-electron chi connectivity index (χ0n) is 21.6. The molecule has 6 heteroatoms. The van der Waals surface area contributed by atoms with Crippen molar-refractivity contribution in [3.63, 3.8) is 0 Å². The third kappa shape index (κ3) is 15.9. The highest BCUT2D eigenvalue weighted by atomic mass is 16.3. The Bertz CT molecular complexity index is 783. The highest BCUT2D eigenvalue weighted by Crippen LogP contribution is 2.11. The lowest BCUT2D eigenvalue weighted by molar-refractivity contribution is -0.122. The molecule has 35 heavy (non-hydrogen) atoms. The highest BCUT2D eigenvalue weighted by molar-refractivity contribution is 6.33. The molecule has 0 bridgehead atoms. The summed E-state index contributed by atoms with van der Waals surface area (Å²) < 4.78 is 0. The third-order valence-corrected chi connectivity index (χ3v) is 6.15. The van der Waals surface area contributed by atoms with Crippen molar-refractivity contribution >= 4 is 17.9 Å². The summed E-state index contributed by atoms with van der Waals surface area (Å²) in [5.41, 5.74) is 9.77. The van der Waals surface area contributed by atoms with Crippen LogP contribution >= 0.6 is 0 Å². The first kappa shape index (κ1) is 30.5. The zero-order chi connectivity index (χ0) is 25.6. The van der Waals surface area contributed by atoms with E-state index in [1.807, 2.05) is 0 Å². The predicted octanol–water partition coefficient (Wildman–Crippen LogP) is 6.23. The molecule has 0 aromatic heterocycles. The van der Waals surface area contributed by atoms with Crippen LogP contribution < -0.4 is 5.32 Å². The van der Waals surface area contributed by atoms with E-state index in [0.29, 0.717) is 18.4 Å². The summed E-state index contributed by atoms with van der Waals surface area (Å²) in [7, 11) is 0. The first-order valence-corrected chi connectivity index (χ1v) is 13.5. The number of nitrogens with one attached hydrogen (secondary N) is 1. The number of aliphatic hydroxyl groups excluding tert-OH is 1. The van der Waals surface area contributed by atoms with Gasteiger partial charge in [-0.1, -0.05) is 94.7 Å². The molecule has 0 radical (unpaired) electrons. The fourth-order valence-corrected chi connectivity index (χ4v) is 4.03. The summed E-state index contributed by atoms with van der Waals surface area (Å²) in [6.07, 6.45) is 22.4. The van der Waals surface area contributed by atoms with E-state index < -0.39 is 0 Å². The fraction of sp³-hybridized carbons (Fsp3) is 0.621. The number of hydrogen-bond acceptors (Lipinski definition) is 3. The highest BCUT2D eigenvalue weighted by Gasteiger charge is 2.13. The van der Waals surface area contributed by atoms with E-state index in [1.54, 1.807) is 24.3 Å². The van der Waals surface area contributed by atoms with Gasteiger partial charge in [0.15, 0.2) is 0 Å². The second-order valence-corrected chi connectivity index (χ2v) is 9.29. The molecule has 0 heterocycles. The molecule has 0 saturated carbocycles. The lowest BCUT2D eigenvalue weighted by Gasteiger charge is -2.16. The number of aliphatic hydroxyl groups is 1. The van der Waals surface area contributed by atoms with Gasteiger partial charge in [-0.3, -0.25) is 9.59 Å². The lowest BCUT2D eigenvalue weighted by Crippen LogP contribution is -2.39. The average molecular weight is 484 g/mol. The Balaban J connectivity index is 2.09. The maximum atomic E-state index is 12.2. The molecule has 1 atom stereocenters. The molecule has 0 aliphatic carbocycles. The van der Waals surface area contributed by atoms with Crippen LogP contribution in [0.2, 0.25) is 0 Å². The van der Waals surface area contributed by atoms with E-state index in [2.05, 4.69) is 29.2 Å². The summed E-state index contributed by atoms with van der Waals surface area (Å²) in [5, 5.41) is 12.5. The number of rotatable bonds is 21. The van der Waals surface area contributed by atoms with Gasteiger partial charge in [0, 0.05) is 12.0 Å². The molecule has 194 valence electrons. The Morgan fingerprint density at radius 3 is 2.06 bits per heavy atom. The monoisotopic (exact) mass is 483 g/mol. The van der Waals surface area contributed by atoms with Crippen LogP contribution in [0.4, 0.5) is 0 Å². The number of ketones is 1. The largest absolute Gasteiger partial charge is 0.394 e. The molecule has 1 amide bonds. The maximum Gasteiger partial charge on any atom is 0.328 e. The van der Waals surface area contributed by atoms with Crippen molar-refractivity contribution < 1.29 is 19.5 Å². The molecule has 1 rings (SSSR count). The molecule has 0 saturated heterocycles. The van der Waals surface area contributed by atoms with Crippen LogP contribution in [0.3, 0.4) is 0 Å². The van der Waals surface area contributed by atoms with Gasteiger partial charge in [-0.15, -0.1) is 0 Å². The van der Waals surface area contributed by atoms with Crippen molar-refractivity contribution in [2.24, 2.45) is 0 Å². The SMILES string of the molecule is CCCCCCCC/C=C\CCCCCCCC(=O)N[C@H](CO)Cc1ccc(C(=O)C=[N+]=[N-])cc1. The zero-order valence-corrected chi connectivity index (χ0v) is 21.6. The summed E-state index contributed by atoms with van der Waals surface area (Å²) in [6.45, 7) is 2.11. The Labute approximate surface area is 211 Å². The van der Waals surface area contributed by atoms with Crippen LogP contribution in [0, 0.1) is 0 Å². The van der Waals surface area contributed by atoms with Gasteiger partial charge < -0.3 is 16.0 Å². The molecule has 0 fully saturated rings. The van der Waals surface area contributed by atoms with Gasteiger partial charge in [-0.05, 0) is 44.1 Å². The van der Waals surface area contributed by atoms with Crippen LogP contribution in [0.15, 0.2) is 36.4 Å². The maximum absolute atomic E-state index is 12.2. The Morgan fingerprint density at radius 1 is 0.914 bits per heavy atom. The second-order valence-electron chi connectivity index (χ2n) is 9.29. The molecule has 0 spiro atoms. The molecule has 1 aromatic rings. The Hall–Kier alpha value is -2.56. The Morgan fingerprint density at radius 2 is 1.49 bits per heavy atom. The minimum Gasteiger partial charge on any atom is -0.394 e. The summed E-state index contributed by atoms with van der Waals surface area (Å²) >= 11 is 0. The molecule has 6 nitrogen and oxygen atoms in total. The number of carbonyl (C=O) groups excluding carboxylic acids is 2. The van der Waals surface area contributed by atoms with Crippen LogP contribution in [0.5, 0.6) is 0 Å². The average Bonchev–Trinajstić information content (AvgIpc) is 2.86. The van der Waals surface area contributed by atoms with Gasteiger partial charge in [0.1, 0.15) is 0 Å². The summed E-state index contributed by atoms with van der Waals surface area (Å²) in [6, 6.07) is 6.47. The molecule has 0 unspecified atom stereocenters. The van der Waals surface area contributed by atoms with Crippen LogP contribution in [-0.2, 0) is 11.2 Å². The first-order chi connectivity index (χ1) is 17.1. The van der Waals surface area contributed by atoms with Crippen LogP contribution in [-0.4, -0.2) is 40.5 Å². The number of amides is 1. The van der Waals surface area contributed by atoms with Crippen molar-refractivity contribution in [3.8, 4) is 0 Å². The van der Waals surface area contributed by atoms with E-state index in [0.717, 1.165) is 37.5 Å². The van der Waals surface area contributed by atoms with E-state index in [-0.39, 0.29) is 24.3 Å². The number of hydrogen-bond donors (Lipinski definition) is 2. The number of benzene rings is 1. The third-order valence-electron chi connectivity index (χ3n) is 6.15. The van der Waals surface area contributed by atoms with Gasteiger partial charge in [0.25, 0.3) is 5.78 Å². The number of unbranched alkanes of at least 4 members (excludes halogenated alkanes) is 11. The van der Waals surface area contributed by atoms with Crippen molar-refractivity contribution in [3.05, 3.63) is 53.1 Å². The van der Waals surface area contributed by atoms with Gasteiger partial charge in [0.05, 0.1) is 12.6 Å². The van der Waals surface area contributed by atoms with E-state index >= 15 is 0 Å². The van der Waals surface area contributed by atoms with Crippen LogP contribution in [0.25, 0.3) is 5.53 Å². The number of carbonyl (C=O) groups is 2. The Kier molecular flexibility index (Phi) is 18.1. The topological polar surface area (TPSA) is 103 Å². The molecule has 2 N–H and O–H groups in total. The van der Waals surface area contributed by atoms with E-state index in [9.17, 15) is 14.7 Å². The summed E-state index contributed by atoms with van der Waals surface area (Å²) in [5.74, 6) is -0.418. The van der Waals surface area contributed by atoms with Gasteiger partial charge in [0.2, 0.25) is 5.91 Å². The number of Topliss-reactive ketones (excluding diaryl/α,β-unsaturated/α-hetero) is 1. The molecular weight excluding hydrogens is 438 g/mol. The van der Waals surface area contributed by atoms with Crippen molar-refractivity contribution in [1.29, 1.82) is 0 Å². The molecule has 0 aliphatic rings. The quantitative estimate of drug-likeness (QED) is 0.0541. The smallest absolute Gasteiger partial charge is 0.328 e. The molecule has 1 aromatic carbocycles. The number of allylic oxidation sites excluding steroid dienone is 2. The minimum atomic E-state index is -0.383.